The van der Waals surface area contributed by atoms with Gasteiger partial charge in [0, 0.05) is 31.5 Å². The topological polar surface area (TPSA) is 62.1 Å². The fraction of sp³-hybridized carbons (Fsp3) is 0.481. The zero-order valence-electron chi connectivity index (χ0n) is 20.6. The van der Waals surface area contributed by atoms with Crippen LogP contribution in [0.5, 0.6) is 0 Å². The van der Waals surface area contributed by atoms with E-state index >= 15 is 0 Å². The normalized spacial score (nSPS) is 18.7. The largest absolute Gasteiger partial charge is 0.252 e. The van der Waals surface area contributed by atoms with Crippen LogP contribution in [0.3, 0.4) is 0 Å². The lowest BCUT2D eigenvalue weighted by Gasteiger charge is -2.34. The lowest BCUT2D eigenvalue weighted by Crippen LogP contribution is -2.44. The van der Waals surface area contributed by atoms with E-state index in [-0.39, 0.29) is 5.41 Å². The molecule has 2 aromatic rings. The summed E-state index contributed by atoms with van der Waals surface area (Å²) in [5.41, 5.74) is 2.59. The first-order valence-corrected chi connectivity index (χ1v) is 14.6. The number of sulfonamides is 1. The summed E-state index contributed by atoms with van der Waals surface area (Å²) in [4.78, 5) is 10.6. The van der Waals surface area contributed by atoms with Crippen LogP contribution in [0.4, 0.5) is 0 Å². The van der Waals surface area contributed by atoms with Crippen LogP contribution in [0.15, 0.2) is 69.5 Å². The maximum absolute atomic E-state index is 13.3. The van der Waals surface area contributed by atoms with Crippen molar-refractivity contribution in [3.63, 3.8) is 0 Å². The number of thioether (sulfide) groups is 1. The van der Waals surface area contributed by atoms with Gasteiger partial charge in [-0.3, -0.25) is 4.99 Å². The Labute approximate surface area is 208 Å². The third-order valence-corrected chi connectivity index (χ3v) is 9.46. The zero-order valence-corrected chi connectivity index (χ0v) is 22.3. The maximum Gasteiger partial charge on any atom is 0.243 e. The number of benzene rings is 2. The molecule has 0 amide bonds. The molecule has 2 aliphatic rings. The average Bonchev–Trinajstić information content (AvgIpc) is 3.17. The van der Waals surface area contributed by atoms with Gasteiger partial charge in [-0.25, -0.2) is 13.4 Å². The Balaban J connectivity index is 1.52. The molecule has 182 valence electrons. The Hall–Kier alpha value is -1.96. The number of hydrogen-bond donors (Lipinski definition) is 0. The monoisotopic (exact) mass is 497 g/mol. The molecule has 0 bridgehead atoms. The van der Waals surface area contributed by atoms with Crippen molar-refractivity contribution in [3.8, 4) is 0 Å². The smallest absolute Gasteiger partial charge is 0.243 e. The third-order valence-electron chi connectivity index (χ3n) is 6.50. The number of nitrogens with zero attached hydrogens (tertiary/aromatic N) is 3. The lowest BCUT2D eigenvalue weighted by atomic mass is 9.87. The van der Waals surface area contributed by atoms with Crippen molar-refractivity contribution in [2.45, 2.75) is 69.4 Å². The first-order chi connectivity index (χ1) is 16.1. The molecular weight excluding hydrogens is 462 g/mol. The van der Waals surface area contributed by atoms with Gasteiger partial charge < -0.3 is 0 Å². The minimum Gasteiger partial charge on any atom is -0.252 e. The number of piperidine rings is 1. The van der Waals surface area contributed by atoms with E-state index in [1.807, 2.05) is 30.3 Å². The van der Waals surface area contributed by atoms with Crippen LogP contribution in [0, 0.1) is 0 Å². The molecule has 1 fully saturated rings. The summed E-state index contributed by atoms with van der Waals surface area (Å²) < 4.78 is 28.2. The third kappa shape index (κ3) is 5.31. The molecule has 2 aliphatic heterocycles. The number of aliphatic imine (C=N–C) groups is 2. The van der Waals surface area contributed by atoms with Crippen molar-refractivity contribution < 1.29 is 8.42 Å². The minimum absolute atomic E-state index is 0.0123. The van der Waals surface area contributed by atoms with E-state index in [0.717, 1.165) is 40.5 Å². The van der Waals surface area contributed by atoms with Crippen LogP contribution in [0.25, 0.3) is 0 Å². The van der Waals surface area contributed by atoms with E-state index in [1.165, 1.54) is 0 Å². The van der Waals surface area contributed by atoms with Gasteiger partial charge in [-0.05, 0) is 35.3 Å². The van der Waals surface area contributed by atoms with Gasteiger partial charge in [-0.2, -0.15) is 4.31 Å². The second-order valence-electron chi connectivity index (χ2n) is 10.1. The number of hydrogen-bond acceptors (Lipinski definition) is 5. The first-order valence-electron chi connectivity index (χ1n) is 12.1. The summed E-state index contributed by atoms with van der Waals surface area (Å²) in [6.45, 7) is 9.42. The predicted octanol–water partition coefficient (Wildman–Crippen LogP) is 5.90. The van der Waals surface area contributed by atoms with Crippen LogP contribution in [0.2, 0.25) is 0 Å². The highest BCUT2D eigenvalue weighted by Gasteiger charge is 2.42. The van der Waals surface area contributed by atoms with Crippen molar-refractivity contribution in [1.29, 1.82) is 0 Å². The summed E-state index contributed by atoms with van der Waals surface area (Å²) in [7, 11) is -3.54. The highest BCUT2D eigenvalue weighted by atomic mass is 32.2. The van der Waals surface area contributed by atoms with E-state index in [4.69, 9.17) is 9.98 Å². The van der Waals surface area contributed by atoms with Gasteiger partial charge in [0.1, 0.15) is 5.04 Å². The van der Waals surface area contributed by atoms with Crippen LogP contribution in [-0.4, -0.2) is 48.0 Å². The second kappa shape index (κ2) is 9.96. The molecule has 2 aromatic carbocycles. The second-order valence-corrected chi connectivity index (χ2v) is 13.1. The molecule has 0 atom stereocenters. The Morgan fingerprint density at radius 1 is 0.971 bits per heavy atom. The molecule has 0 unspecified atom stereocenters. The highest BCUT2D eigenvalue weighted by Crippen LogP contribution is 2.37. The molecule has 1 spiro atoms. The summed E-state index contributed by atoms with van der Waals surface area (Å²) in [6, 6.07) is 17.5. The summed E-state index contributed by atoms with van der Waals surface area (Å²) in [5.74, 6) is 1.02. The van der Waals surface area contributed by atoms with Crippen molar-refractivity contribution in [3.05, 3.63) is 65.7 Å². The molecule has 0 aromatic heterocycles. The van der Waals surface area contributed by atoms with Crippen molar-refractivity contribution >= 4 is 32.5 Å². The molecule has 2 heterocycles. The molecule has 0 aliphatic carbocycles. The number of rotatable bonds is 6. The maximum atomic E-state index is 13.3. The Morgan fingerprint density at radius 2 is 1.62 bits per heavy atom. The van der Waals surface area contributed by atoms with Gasteiger partial charge in [0.25, 0.3) is 0 Å². The van der Waals surface area contributed by atoms with Gasteiger partial charge in [0.15, 0.2) is 5.66 Å². The molecule has 5 nitrogen and oxygen atoms in total. The molecule has 34 heavy (non-hydrogen) atoms. The van der Waals surface area contributed by atoms with E-state index in [9.17, 15) is 8.42 Å². The molecular formula is C27H35N3O2S2. The van der Waals surface area contributed by atoms with Crippen molar-refractivity contribution in [2.75, 3.05) is 18.8 Å². The van der Waals surface area contributed by atoms with Crippen LogP contribution >= 0.6 is 11.8 Å². The van der Waals surface area contributed by atoms with Crippen LogP contribution in [0.1, 0.15) is 64.5 Å². The molecule has 0 radical (unpaired) electrons. The summed E-state index contributed by atoms with van der Waals surface area (Å²) in [6.07, 6.45) is 3.48. The van der Waals surface area contributed by atoms with Gasteiger partial charge in [0.05, 0.1) is 10.6 Å². The highest BCUT2D eigenvalue weighted by molar-refractivity contribution is 8.15. The number of unbranched alkanes of at least 4 members (excludes halogenated alkanes) is 1. The fourth-order valence-corrected chi connectivity index (χ4v) is 6.91. The van der Waals surface area contributed by atoms with Crippen LogP contribution in [-0.2, 0) is 15.4 Å². The van der Waals surface area contributed by atoms with E-state index in [2.05, 4.69) is 39.8 Å². The minimum atomic E-state index is -3.54. The van der Waals surface area contributed by atoms with Gasteiger partial charge in [-0.15, -0.1) is 11.8 Å². The first kappa shape index (κ1) is 25.1. The Bertz CT molecular complexity index is 1160. The van der Waals surface area contributed by atoms with Crippen molar-refractivity contribution in [2.24, 2.45) is 9.98 Å². The zero-order chi connectivity index (χ0) is 24.4. The molecule has 0 saturated carbocycles. The van der Waals surface area contributed by atoms with Gasteiger partial charge in [0.2, 0.25) is 10.0 Å². The standard InChI is InChI=1S/C27H35N3O2S2/c1-5-6-20-33-25-24(21-10-8-7-9-11-21)28-27(29-25)16-18-30(19-17-27)34(31,32)23-14-12-22(13-15-23)26(2,3)4/h7-15H,5-6,16-20H2,1-4H3. The SMILES string of the molecule is CCCCSC1=NC2(CCN(S(=O)(=O)c3ccc(C(C)(C)C)cc3)CC2)N=C1c1ccccc1. The average molecular weight is 498 g/mol. The molecule has 0 N–H and O–H groups in total. The van der Waals surface area contributed by atoms with Crippen LogP contribution < -0.4 is 0 Å². The molecule has 7 heteroatoms. The summed E-state index contributed by atoms with van der Waals surface area (Å²) in [5, 5.41) is 0.994. The molecule has 1 saturated heterocycles. The van der Waals surface area contributed by atoms with Gasteiger partial charge >= 0.3 is 0 Å². The Kier molecular flexibility index (Phi) is 7.36. The van der Waals surface area contributed by atoms with Gasteiger partial charge in [-0.1, -0.05) is 76.6 Å². The van der Waals surface area contributed by atoms with Crippen molar-refractivity contribution in [1.82, 2.24) is 4.31 Å². The van der Waals surface area contributed by atoms with E-state index < -0.39 is 15.7 Å². The predicted molar refractivity (Wildman–Crippen MR) is 144 cm³/mol. The quantitative estimate of drug-likeness (QED) is 0.467. The fourth-order valence-electron chi connectivity index (χ4n) is 4.31. The van der Waals surface area contributed by atoms with E-state index in [0.29, 0.717) is 30.8 Å². The summed E-state index contributed by atoms with van der Waals surface area (Å²) >= 11 is 1.77. The Morgan fingerprint density at radius 3 is 2.21 bits per heavy atom. The van der Waals surface area contributed by atoms with E-state index in [1.54, 1.807) is 28.2 Å². The lowest BCUT2D eigenvalue weighted by molar-refractivity contribution is 0.249. The molecule has 4 rings (SSSR count).